The molecule has 5 nitrogen and oxygen atoms in total. The summed E-state index contributed by atoms with van der Waals surface area (Å²) >= 11 is 0. The molecule has 6 heteroatoms. The monoisotopic (exact) mass is 236 g/mol. The molecule has 0 spiro atoms. The highest BCUT2D eigenvalue weighted by Gasteiger charge is 2.38. The predicted molar refractivity (Wildman–Crippen MR) is 52.5 cm³/mol. The fourth-order valence-corrected chi connectivity index (χ4v) is 1.55. The smallest absolute Gasteiger partial charge is 0.306 e. The quantitative estimate of drug-likeness (QED) is 0.493. The number of alkyl halides is 1. The second-order valence-electron chi connectivity index (χ2n) is 3.72. The molecule has 16 heavy (non-hydrogen) atoms. The number of aliphatic hydroxyl groups is 2. The fraction of sp³-hybridized carbons (Fsp3) is 0.900. The van der Waals surface area contributed by atoms with E-state index in [2.05, 4.69) is 0 Å². The molecule has 1 saturated heterocycles. The van der Waals surface area contributed by atoms with Crippen molar-refractivity contribution in [3.8, 4) is 0 Å². The van der Waals surface area contributed by atoms with E-state index in [0.29, 0.717) is 12.8 Å². The van der Waals surface area contributed by atoms with E-state index in [1.54, 1.807) is 0 Å². The molecule has 0 amide bonds. The number of ether oxygens (including phenoxy) is 2. The van der Waals surface area contributed by atoms with Crippen molar-refractivity contribution in [2.45, 2.75) is 37.6 Å². The Labute approximate surface area is 93.2 Å². The number of carbonyl (C=O) groups is 1. The van der Waals surface area contributed by atoms with Gasteiger partial charge in [0.1, 0.15) is 12.2 Å². The number of unbranched alkanes of at least 4 members (excludes halogenated alkanes) is 1. The van der Waals surface area contributed by atoms with Crippen molar-refractivity contribution in [2.24, 2.45) is 0 Å². The van der Waals surface area contributed by atoms with Gasteiger partial charge in [0.25, 0.3) is 0 Å². The van der Waals surface area contributed by atoms with Crippen molar-refractivity contribution in [3.63, 3.8) is 0 Å². The van der Waals surface area contributed by atoms with Crippen molar-refractivity contribution in [3.05, 3.63) is 0 Å². The average molecular weight is 236 g/mol. The summed E-state index contributed by atoms with van der Waals surface area (Å²) in [4.78, 5) is 11.3. The summed E-state index contributed by atoms with van der Waals surface area (Å²) in [6, 6.07) is 0. The first-order valence-electron chi connectivity index (χ1n) is 5.35. The Kier molecular flexibility index (Phi) is 5.65. The number of hydrogen-bond donors (Lipinski definition) is 2. The first-order chi connectivity index (χ1) is 7.69. The number of halogens is 1. The largest absolute Gasteiger partial charge is 0.457 e. The lowest BCUT2D eigenvalue weighted by atomic mass is 10.1. The Balaban J connectivity index is 2.31. The van der Waals surface area contributed by atoms with Gasteiger partial charge in [-0.3, -0.25) is 9.18 Å². The average Bonchev–Trinajstić information content (AvgIpc) is 2.61. The van der Waals surface area contributed by atoms with E-state index in [1.807, 2.05) is 0 Å². The van der Waals surface area contributed by atoms with Crippen LogP contribution in [0.1, 0.15) is 19.3 Å². The zero-order valence-electron chi connectivity index (χ0n) is 8.97. The third kappa shape index (κ3) is 3.70. The third-order valence-electron chi connectivity index (χ3n) is 2.44. The molecule has 1 heterocycles. The normalized spacial score (nSPS) is 29.3. The highest BCUT2D eigenvalue weighted by Crippen LogP contribution is 2.18. The van der Waals surface area contributed by atoms with E-state index in [1.165, 1.54) is 0 Å². The lowest BCUT2D eigenvalue weighted by molar-refractivity contribution is -0.156. The molecule has 1 fully saturated rings. The van der Waals surface area contributed by atoms with Gasteiger partial charge in [-0.05, 0) is 12.8 Å². The molecule has 0 unspecified atom stereocenters. The van der Waals surface area contributed by atoms with Gasteiger partial charge in [-0.15, -0.1) is 0 Å². The molecule has 2 N–H and O–H groups in total. The van der Waals surface area contributed by atoms with E-state index >= 15 is 0 Å². The highest BCUT2D eigenvalue weighted by atomic mass is 19.1. The molecule has 1 rings (SSSR count). The van der Waals surface area contributed by atoms with E-state index < -0.39 is 31.0 Å². The van der Waals surface area contributed by atoms with E-state index in [9.17, 15) is 14.3 Å². The van der Waals surface area contributed by atoms with Crippen molar-refractivity contribution in [1.29, 1.82) is 0 Å². The summed E-state index contributed by atoms with van der Waals surface area (Å²) in [6.45, 7) is -0.713. The van der Waals surface area contributed by atoms with E-state index in [4.69, 9.17) is 14.6 Å². The van der Waals surface area contributed by atoms with Gasteiger partial charge in [0, 0.05) is 6.42 Å². The van der Waals surface area contributed by atoms with Crippen LogP contribution in [0.4, 0.5) is 4.39 Å². The standard InChI is InChI=1S/C10H17FO5/c11-4-2-1-3-9(14)16-10-7(13)6-15-8(10)5-12/h7-8,10,12-13H,1-6H2/t7-,8+,10+/m1/s1. The van der Waals surface area contributed by atoms with Crippen LogP contribution in [0.5, 0.6) is 0 Å². The zero-order valence-corrected chi connectivity index (χ0v) is 8.97. The molecule has 3 atom stereocenters. The Bertz CT molecular complexity index is 223. The van der Waals surface area contributed by atoms with Gasteiger partial charge >= 0.3 is 5.97 Å². The van der Waals surface area contributed by atoms with E-state index in [0.717, 1.165) is 0 Å². The summed E-state index contributed by atoms with van der Waals surface area (Å²) in [5, 5.41) is 18.3. The van der Waals surface area contributed by atoms with Crippen LogP contribution >= 0.6 is 0 Å². The summed E-state index contributed by atoms with van der Waals surface area (Å²) < 4.78 is 21.8. The molecule has 1 aliphatic heterocycles. The number of carbonyl (C=O) groups excluding carboxylic acids is 1. The van der Waals surface area contributed by atoms with Crippen LogP contribution in [0.25, 0.3) is 0 Å². The first kappa shape index (κ1) is 13.3. The molecule has 1 aliphatic rings. The molecular formula is C10H17FO5. The van der Waals surface area contributed by atoms with E-state index in [-0.39, 0.29) is 19.6 Å². The van der Waals surface area contributed by atoms with Crippen molar-refractivity contribution >= 4 is 5.97 Å². The minimum Gasteiger partial charge on any atom is -0.457 e. The van der Waals surface area contributed by atoms with Crippen LogP contribution in [0.2, 0.25) is 0 Å². The summed E-state index contributed by atoms with van der Waals surface area (Å²) in [7, 11) is 0. The van der Waals surface area contributed by atoms with Crippen LogP contribution in [0.3, 0.4) is 0 Å². The van der Waals surface area contributed by atoms with Gasteiger partial charge in [0.05, 0.1) is 19.9 Å². The van der Waals surface area contributed by atoms with Crippen LogP contribution in [0, 0.1) is 0 Å². The van der Waals surface area contributed by atoms with Crippen LogP contribution in [-0.4, -0.2) is 54.4 Å². The van der Waals surface area contributed by atoms with Gasteiger partial charge < -0.3 is 19.7 Å². The number of esters is 1. The second-order valence-corrected chi connectivity index (χ2v) is 3.72. The number of aliphatic hydroxyl groups excluding tert-OH is 2. The molecule has 0 aromatic carbocycles. The molecule has 0 aromatic heterocycles. The minimum atomic E-state index is -0.901. The molecule has 0 bridgehead atoms. The van der Waals surface area contributed by atoms with Gasteiger partial charge in [0.15, 0.2) is 6.10 Å². The minimum absolute atomic E-state index is 0.0493. The SMILES string of the molecule is O=C(CCCCF)O[C@H]1[C@H](O)CO[C@H]1CO. The molecule has 0 aromatic rings. The lowest BCUT2D eigenvalue weighted by Crippen LogP contribution is -2.37. The predicted octanol–water partition coefficient (Wildman–Crippen LogP) is -0.210. The van der Waals surface area contributed by atoms with Gasteiger partial charge in [-0.25, -0.2) is 0 Å². The van der Waals surface area contributed by atoms with Gasteiger partial charge in [-0.1, -0.05) is 0 Å². The topological polar surface area (TPSA) is 76.0 Å². The van der Waals surface area contributed by atoms with Gasteiger partial charge in [0.2, 0.25) is 0 Å². The van der Waals surface area contributed by atoms with Crippen molar-refractivity contribution < 1.29 is 28.9 Å². The maximum absolute atomic E-state index is 11.8. The molecule has 0 saturated carbocycles. The molecule has 0 aliphatic carbocycles. The Hall–Kier alpha value is -0.720. The number of rotatable bonds is 6. The third-order valence-corrected chi connectivity index (χ3v) is 2.44. The summed E-state index contributed by atoms with van der Waals surface area (Å²) in [5.41, 5.74) is 0. The van der Waals surface area contributed by atoms with Crippen LogP contribution < -0.4 is 0 Å². The highest BCUT2D eigenvalue weighted by molar-refractivity contribution is 5.69. The summed E-state index contributed by atoms with van der Waals surface area (Å²) in [6.07, 6.45) is -1.53. The van der Waals surface area contributed by atoms with Gasteiger partial charge in [-0.2, -0.15) is 0 Å². The van der Waals surface area contributed by atoms with Crippen molar-refractivity contribution in [1.82, 2.24) is 0 Å². The molecule has 0 radical (unpaired) electrons. The Morgan fingerprint density at radius 1 is 1.50 bits per heavy atom. The Morgan fingerprint density at radius 3 is 2.88 bits per heavy atom. The lowest BCUT2D eigenvalue weighted by Gasteiger charge is -2.19. The maximum atomic E-state index is 11.8. The maximum Gasteiger partial charge on any atom is 0.306 e. The summed E-state index contributed by atoms with van der Waals surface area (Å²) in [5.74, 6) is -0.499. The molecular weight excluding hydrogens is 219 g/mol. The zero-order chi connectivity index (χ0) is 12.0. The van der Waals surface area contributed by atoms with Crippen LogP contribution in [0.15, 0.2) is 0 Å². The second kappa shape index (κ2) is 6.78. The fourth-order valence-electron chi connectivity index (χ4n) is 1.55. The number of hydrogen-bond acceptors (Lipinski definition) is 5. The first-order valence-corrected chi connectivity index (χ1v) is 5.35. The van der Waals surface area contributed by atoms with Crippen molar-refractivity contribution in [2.75, 3.05) is 19.9 Å². The Morgan fingerprint density at radius 2 is 2.25 bits per heavy atom. The molecule has 94 valence electrons. The van der Waals surface area contributed by atoms with Crippen LogP contribution in [-0.2, 0) is 14.3 Å².